The molecule has 0 bridgehead atoms. The third-order valence-electron chi connectivity index (χ3n) is 5.75. The van der Waals surface area contributed by atoms with Gasteiger partial charge in [-0.2, -0.15) is 11.3 Å². The fraction of sp³-hybridized carbons (Fsp3) is 0.261. The maximum absolute atomic E-state index is 12.6. The van der Waals surface area contributed by atoms with Gasteiger partial charge in [-0.15, -0.1) is 0 Å². The highest BCUT2D eigenvalue weighted by molar-refractivity contribution is 7.08. The maximum atomic E-state index is 12.6. The minimum absolute atomic E-state index is 0.143. The molecule has 146 valence electrons. The van der Waals surface area contributed by atoms with Gasteiger partial charge in [-0.25, -0.2) is 4.98 Å². The molecule has 0 unspecified atom stereocenters. The van der Waals surface area contributed by atoms with E-state index in [0.29, 0.717) is 5.92 Å². The van der Waals surface area contributed by atoms with Crippen LogP contribution in [0.2, 0.25) is 0 Å². The monoisotopic (exact) mass is 402 g/mol. The van der Waals surface area contributed by atoms with E-state index in [1.807, 2.05) is 53.3 Å². The van der Waals surface area contributed by atoms with E-state index in [-0.39, 0.29) is 5.91 Å². The van der Waals surface area contributed by atoms with E-state index in [1.54, 1.807) is 11.3 Å². The van der Waals surface area contributed by atoms with Crippen LogP contribution in [-0.4, -0.2) is 38.4 Å². The molecule has 0 aliphatic carbocycles. The summed E-state index contributed by atoms with van der Waals surface area (Å²) in [6.45, 7) is 1.54. The first-order valence-electron chi connectivity index (χ1n) is 9.89. The number of fused-ring (bicyclic) bond motifs is 1. The van der Waals surface area contributed by atoms with Crippen LogP contribution in [0.15, 0.2) is 59.6 Å². The SMILES string of the molecule is Cn1cnc2c(-c3ccccc3)nc(C3CCN(C(=O)c4ccsc4)CC3)cc21. The van der Waals surface area contributed by atoms with E-state index >= 15 is 0 Å². The highest BCUT2D eigenvalue weighted by Gasteiger charge is 2.26. The zero-order valence-corrected chi connectivity index (χ0v) is 17.1. The summed E-state index contributed by atoms with van der Waals surface area (Å²) in [4.78, 5) is 24.2. The standard InChI is InChI=1S/C23H22N4OS/c1-26-15-24-22-20(26)13-19(25-21(22)17-5-3-2-4-6-17)16-7-10-27(11-8-16)23(28)18-9-12-29-14-18/h2-6,9,12-16H,7-8,10-11H2,1H3. The molecule has 0 saturated carbocycles. The molecule has 5 nitrogen and oxygen atoms in total. The van der Waals surface area contributed by atoms with Crippen LogP contribution in [-0.2, 0) is 7.05 Å². The van der Waals surface area contributed by atoms with Crippen molar-refractivity contribution in [2.24, 2.45) is 7.05 Å². The van der Waals surface area contributed by atoms with Gasteiger partial charge in [-0.1, -0.05) is 30.3 Å². The van der Waals surface area contributed by atoms with Crippen LogP contribution in [0.4, 0.5) is 0 Å². The van der Waals surface area contributed by atoms with Crippen LogP contribution in [0.25, 0.3) is 22.3 Å². The number of benzene rings is 1. The quantitative estimate of drug-likeness (QED) is 0.498. The number of thiophene rings is 1. The molecule has 0 radical (unpaired) electrons. The maximum Gasteiger partial charge on any atom is 0.254 e. The molecular weight excluding hydrogens is 380 g/mol. The van der Waals surface area contributed by atoms with Gasteiger partial charge in [-0.05, 0) is 30.4 Å². The van der Waals surface area contributed by atoms with E-state index in [0.717, 1.165) is 59.5 Å². The molecule has 0 atom stereocenters. The van der Waals surface area contributed by atoms with Gasteiger partial charge in [0.2, 0.25) is 0 Å². The predicted molar refractivity (Wildman–Crippen MR) is 116 cm³/mol. The molecule has 29 heavy (non-hydrogen) atoms. The van der Waals surface area contributed by atoms with Gasteiger partial charge in [0.25, 0.3) is 5.91 Å². The number of nitrogens with zero attached hydrogens (tertiary/aromatic N) is 4. The lowest BCUT2D eigenvalue weighted by Gasteiger charge is -2.31. The molecule has 6 heteroatoms. The van der Waals surface area contributed by atoms with Gasteiger partial charge in [0.1, 0.15) is 5.52 Å². The van der Waals surface area contributed by atoms with Crippen molar-refractivity contribution in [3.63, 3.8) is 0 Å². The highest BCUT2D eigenvalue weighted by Crippen LogP contribution is 2.33. The van der Waals surface area contributed by atoms with Crippen molar-refractivity contribution < 1.29 is 4.79 Å². The Kier molecular flexibility index (Phi) is 4.64. The molecule has 4 aromatic rings. The van der Waals surface area contributed by atoms with Crippen LogP contribution in [0.3, 0.4) is 0 Å². The summed E-state index contributed by atoms with van der Waals surface area (Å²) in [5.41, 5.74) is 5.97. The molecule has 0 N–H and O–H groups in total. The first-order valence-corrected chi connectivity index (χ1v) is 10.8. The lowest BCUT2D eigenvalue weighted by molar-refractivity contribution is 0.0712. The van der Waals surface area contributed by atoms with Gasteiger partial charge in [0.15, 0.2) is 0 Å². The number of carbonyl (C=O) groups excluding carboxylic acids is 1. The molecule has 0 spiro atoms. The van der Waals surface area contributed by atoms with Crippen LogP contribution >= 0.6 is 11.3 Å². The smallest absolute Gasteiger partial charge is 0.254 e. The van der Waals surface area contributed by atoms with Crippen molar-refractivity contribution in [2.75, 3.05) is 13.1 Å². The molecule has 1 aliphatic heterocycles. The van der Waals surface area contributed by atoms with E-state index in [4.69, 9.17) is 4.98 Å². The zero-order chi connectivity index (χ0) is 19.8. The van der Waals surface area contributed by atoms with Crippen molar-refractivity contribution >= 4 is 28.3 Å². The summed E-state index contributed by atoms with van der Waals surface area (Å²) in [6, 6.07) is 14.3. The van der Waals surface area contributed by atoms with Gasteiger partial charge >= 0.3 is 0 Å². The Morgan fingerprint density at radius 2 is 1.93 bits per heavy atom. The number of aryl methyl sites for hydroxylation is 1. The van der Waals surface area contributed by atoms with Crippen LogP contribution in [0.5, 0.6) is 0 Å². The normalized spacial score (nSPS) is 15.1. The molecule has 1 saturated heterocycles. The Balaban J connectivity index is 1.44. The van der Waals surface area contributed by atoms with Gasteiger partial charge in [0, 0.05) is 42.7 Å². The van der Waals surface area contributed by atoms with Crippen LogP contribution in [0.1, 0.15) is 34.8 Å². The van der Waals surface area contributed by atoms with E-state index in [2.05, 4.69) is 27.8 Å². The predicted octanol–water partition coefficient (Wildman–Crippen LogP) is 4.72. The second-order valence-corrected chi connectivity index (χ2v) is 8.34. The Morgan fingerprint density at radius 1 is 1.14 bits per heavy atom. The highest BCUT2D eigenvalue weighted by atomic mass is 32.1. The molecule has 5 rings (SSSR count). The molecule has 1 aliphatic rings. The van der Waals surface area contributed by atoms with Gasteiger partial charge in [-0.3, -0.25) is 9.78 Å². The number of aromatic nitrogens is 3. The summed E-state index contributed by atoms with van der Waals surface area (Å²) < 4.78 is 2.06. The number of hydrogen-bond acceptors (Lipinski definition) is 4. The number of likely N-dealkylation sites (tertiary alicyclic amines) is 1. The minimum atomic E-state index is 0.143. The van der Waals surface area contributed by atoms with Crippen molar-refractivity contribution in [3.05, 3.63) is 70.8 Å². The first kappa shape index (κ1) is 18.1. The Morgan fingerprint density at radius 3 is 2.66 bits per heavy atom. The fourth-order valence-corrected chi connectivity index (χ4v) is 4.73. The molecular formula is C23H22N4OS. The average molecular weight is 403 g/mol. The minimum Gasteiger partial charge on any atom is -0.339 e. The summed E-state index contributed by atoms with van der Waals surface area (Å²) in [6.07, 6.45) is 3.71. The largest absolute Gasteiger partial charge is 0.339 e. The number of carbonyl (C=O) groups is 1. The number of rotatable bonds is 3. The molecule has 1 fully saturated rings. The summed E-state index contributed by atoms with van der Waals surface area (Å²) in [5.74, 6) is 0.494. The summed E-state index contributed by atoms with van der Waals surface area (Å²) in [7, 11) is 2.02. The fourth-order valence-electron chi connectivity index (χ4n) is 4.10. The lowest BCUT2D eigenvalue weighted by atomic mass is 9.92. The van der Waals surface area contributed by atoms with Crippen LogP contribution < -0.4 is 0 Å². The van der Waals surface area contributed by atoms with Gasteiger partial charge < -0.3 is 9.47 Å². The second-order valence-electron chi connectivity index (χ2n) is 7.56. The molecule has 1 amide bonds. The van der Waals surface area contributed by atoms with E-state index in [1.165, 1.54) is 0 Å². The average Bonchev–Trinajstić information content (AvgIpc) is 3.44. The Labute approximate surface area is 173 Å². The number of amides is 1. The van der Waals surface area contributed by atoms with Crippen molar-refractivity contribution in [1.29, 1.82) is 0 Å². The third-order valence-corrected chi connectivity index (χ3v) is 6.43. The number of piperidine rings is 1. The summed E-state index contributed by atoms with van der Waals surface area (Å²) in [5, 5.41) is 3.89. The van der Waals surface area contributed by atoms with Crippen molar-refractivity contribution in [3.8, 4) is 11.3 Å². The zero-order valence-electron chi connectivity index (χ0n) is 16.3. The van der Waals surface area contributed by atoms with E-state index < -0.39 is 0 Å². The third kappa shape index (κ3) is 3.34. The Bertz CT molecular complexity index is 1140. The Hall–Kier alpha value is -2.99. The second kappa shape index (κ2) is 7.44. The van der Waals surface area contributed by atoms with Crippen LogP contribution in [0, 0.1) is 0 Å². The number of pyridine rings is 1. The first-order chi connectivity index (χ1) is 14.2. The topological polar surface area (TPSA) is 51.0 Å². The lowest BCUT2D eigenvalue weighted by Crippen LogP contribution is -2.37. The summed E-state index contributed by atoms with van der Waals surface area (Å²) >= 11 is 1.57. The van der Waals surface area contributed by atoms with Crippen molar-refractivity contribution in [2.45, 2.75) is 18.8 Å². The molecule has 3 aromatic heterocycles. The van der Waals surface area contributed by atoms with Gasteiger partial charge in [0.05, 0.1) is 23.1 Å². The molecule has 4 heterocycles. The van der Waals surface area contributed by atoms with Crippen molar-refractivity contribution in [1.82, 2.24) is 19.4 Å². The van der Waals surface area contributed by atoms with E-state index in [9.17, 15) is 4.79 Å². The number of imidazole rings is 1. The molecule has 1 aromatic carbocycles. The number of hydrogen-bond donors (Lipinski definition) is 0.